The van der Waals surface area contributed by atoms with E-state index in [-0.39, 0.29) is 11.9 Å². The first-order valence-corrected chi connectivity index (χ1v) is 10.2. The molecule has 2 aromatic rings. The summed E-state index contributed by atoms with van der Waals surface area (Å²) in [5.74, 6) is 3.66. The number of methoxy groups -OCH3 is 2. The molecule has 0 aliphatic carbocycles. The van der Waals surface area contributed by atoms with Gasteiger partial charge in [-0.1, -0.05) is 12.5 Å². The van der Waals surface area contributed by atoms with Crippen LogP contribution in [0.5, 0.6) is 11.5 Å². The van der Waals surface area contributed by atoms with Gasteiger partial charge in [0, 0.05) is 26.6 Å². The van der Waals surface area contributed by atoms with Crippen molar-refractivity contribution in [3.8, 4) is 11.5 Å². The Morgan fingerprint density at radius 1 is 1.10 bits per heavy atom. The summed E-state index contributed by atoms with van der Waals surface area (Å²) in [6.45, 7) is 5.33. The zero-order valence-electron chi connectivity index (χ0n) is 17.4. The van der Waals surface area contributed by atoms with Crippen molar-refractivity contribution in [3.63, 3.8) is 0 Å². The second-order valence-corrected chi connectivity index (χ2v) is 7.69. The van der Waals surface area contributed by atoms with Gasteiger partial charge in [-0.3, -0.25) is 9.69 Å². The number of ether oxygens (including phenoxy) is 2. The van der Waals surface area contributed by atoms with Gasteiger partial charge in [0.25, 0.3) is 0 Å². The summed E-state index contributed by atoms with van der Waals surface area (Å²) < 4.78 is 13.4. The standard InChI is InChI=1S/C21H29N5O3/c1-15(27)24-11-12-26-20(14-24)22-23-21(26)17-7-4-5-10-25(17)13-16-18(28-2)8-6-9-19(16)29-3/h6,8-9,17H,4-5,7,10-14H2,1-3H3. The quantitative estimate of drug-likeness (QED) is 0.769. The van der Waals surface area contributed by atoms with Crippen molar-refractivity contribution in [3.05, 3.63) is 35.4 Å². The van der Waals surface area contributed by atoms with Gasteiger partial charge in [0.05, 0.1) is 32.4 Å². The van der Waals surface area contributed by atoms with Crippen LogP contribution in [0.15, 0.2) is 18.2 Å². The minimum absolute atomic E-state index is 0.0864. The minimum Gasteiger partial charge on any atom is -0.496 e. The summed E-state index contributed by atoms with van der Waals surface area (Å²) >= 11 is 0. The lowest BCUT2D eigenvalue weighted by molar-refractivity contribution is -0.130. The van der Waals surface area contributed by atoms with Crippen LogP contribution >= 0.6 is 0 Å². The third-order valence-corrected chi connectivity index (χ3v) is 6.03. The summed E-state index contributed by atoms with van der Waals surface area (Å²) in [6, 6.07) is 6.10. The van der Waals surface area contributed by atoms with Crippen molar-refractivity contribution in [2.45, 2.75) is 51.9 Å². The highest BCUT2D eigenvalue weighted by molar-refractivity contribution is 5.73. The molecule has 2 aliphatic rings. The molecule has 0 bridgehead atoms. The predicted molar refractivity (Wildman–Crippen MR) is 108 cm³/mol. The fraction of sp³-hybridized carbons (Fsp3) is 0.571. The Morgan fingerprint density at radius 2 is 1.86 bits per heavy atom. The van der Waals surface area contributed by atoms with E-state index in [0.717, 1.165) is 61.2 Å². The van der Waals surface area contributed by atoms with Gasteiger partial charge >= 0.3 is 0 Å². The van der Waals surface area contributed by atoms with Gasteiger partial charge in [-0.25, -0.2) is 0 Å². The molecule has 1 saturated heterocycles. The van der Waals surface area contributed by atoms with E-state index < -0.39 is 0 Å². The maximum absolute atomic E-state index is 11.7. The van der Waals surface area contributed by atoms with Gasteiger partial charge in [-0.05, 0) is 31.5 Å². The van der Waals surface area contributed by atoms with Crippen molar-refractivity contribution in [1.29, 1.82) is 0 Å². The van der Waals surface area contributed by atoms with Crippen LogP contribution in [0, 0.1) is 0 Å². The summed E-state index contributed by atoms with van der Waals surface area (Å²) in [6.07, 6.45) is 3.38. The first kappa shape index (κ1) is 19.7. The molecule has 0 saturated carbocycles. The first-order valence-electron chi connectivity index (χ1n) is 10.2. The van der Waals surface area contributed by atoms with Gasteiger partial charge in [-0.15, -0.1) is 10.2 Å². The van der Waals surface area contributed by atoms with Gasteiger partial charge in [-0.2, -0.15) is 0 Å². The van der Waals surface area contributed by atoms with Gasteiger partial charge in [0.2, 0.25) is 5.91 Å². The second kappa shape index (κ2) is 8.41. The molecule has 156 valence electrons. The maximum atomic E-state index is 11.7. The summed E-state index contributed by atoms with van der Waals surface area (Å²) in [5.41, 5.74) is 1.06. The molecule has 0 radical (unpaired) electrons. The Morgan fingerprint density at radius 3 is 2.55 bits per heavy atom. The number of carbonyl (C=O) groups excluding carboxylic acids is 1. The van der Waals surface area contributed by atoms with E-state index in [1.165, 1.54) is 6.42 Å². The molecule has 1 amide bonds. The van der Waals surface area contributed by atoms with Crippen LogP contribution in [0.25, 0.3) is 0 Å². The molecule has 1 unspecified atom stereocenters. The molecular formula is C21H29N5O3. The highest BCUT2D eigenvalue weighted by Gasteiger charge is 2.32. The average molecular weight is 399 g/mol. The highest BCUT2D eigenvalue weighted by atomic mass is 16.5. The molecule has 0 spiro atoms. The molecule has 4 rings (SSSR count). The number of hydrogen-bond donors (Lipinski definition) is 0. The number of likely N-dealkylation sites (tertiary alicyclic amines) is 1. The summed E-state index contributed by atoms with van der Waals surface area (Å²) in [5, 5.41) is 8.98. The smallest absolute Gasteiger partial charge is 0.219 e. The van der Waals surface area contributed by atoms with Crippen molar-refractivity contribution in [2.75, 3.05) is 27.3 Å². The first-order chi connectivity index (χ1) is 14.1. The topological polar surface area (TPSA) is 72.7 Å². The zero-order chi connectivity index (χ0) is 20.4. The molecular weight excluding hydrogens is 370 g/mol. The van der Waals surface area contributed by atoms with Crippen molar-refractivity contribution in [1.82, 2.24) is 24.6 Å². The zero-order valence-corrected chi connectivity index (χ0v) is 17.4. The number of carbonyl (C=O) groups is 1. The number of hydrogen-bond acceptors (Lipinski definition) is 6. The molecule has 8 nitrogen and oxygen atoms in total. The maximum Gasteiger partial charge on any atom is 0.219 e. The number of amides is 1. The Kier molecular flexibility index (Phi) is 5.71. The Labute approximate surface area is 171 Å². The molecule has 0 N–H and O–H groups in total. The third kappa shape index (κ3) is 3.81. The van der Waals surface area contributed by atoms with E-state index in [9.17, 15) is 4.79 Å². The number of fused-ring (bicyclic) bond motifs is 1. The molecule has 2 aliphatic heterocycles. The number of piperidine rings is 1. The number of nitrogens with zero attached hydrogens (tertiary/aromatic N) is 5. The fourth-order valence-electron chi connectivity index (χ4n) is 4.46. The number of benzene rings is 1. The summed E-state index contributed by atoms with van der Waals surface area (Å²) in [4.78, 5) is 16.0. The Hall–Kier alpha value is -2.61. The molecule has 1 aromatic carbocycles. The second-order valence-electron chi connectivity index (χ2n) is 7.69. The van der Waals surface area contributed by atoms with Crippen molar-refractivity contribution in [2.24, 2.45) is 0 Å². The van der Waals surface area contributed by atoms with Crippen LogP contribution in [-0.4, -0.2) is 57.8 Å². The van der Waals surface area contributed by atoms with Crippen LogP contribution in [0.1, 0.15) is 49.4 Å². The molecule has 1 aromatic heterocycles. The lowest BCUT2D eigenvalue weighted by atomic mass is 9.99. The Bertz CT molecular complexity index is 859. The van der Waals surface area contributed by atoms with Gasteiger partial charge < -0.3 is 18.9 Å². The van der Waals surface area contributed by atoms with E-state index >= 15 is 0 Å². The largest absolute Gasteiger partial charge is 0.496 e. The lowest BCUT2D eigenvalue weighted by Gasteiger charge is -2.36. The molecule has 1 atom stereocenters. The van der Waals surface area contributed by atoms with Crippen LogP contribution < -0.4 is 9.47 Å². The lowest BCUT2D eigenvalue weighted by Crippen LogP contribution is -2.39. The van der Waals surface area contributed by atoms with Crippen molar-refractivity contribution < 1.29 is 14.3 Å². The van der Waals surface area contributed by atoms with Gasteiger partial charge in [0.1, 0.15) is 11.5 Å². The van der Waals surface area contributed by atoms with Crippen LogP contribution in [-0.2, 0) is 24.4 Å². The normalized spacial score (nSPS) is 19.7. The minimum atomic E-state index is 0.0864. The highest BCUT2D eigenvalue weighted by Crippen LogP contribution is 2.36. The molecule has 29 heavy (non-hydrogen) atoms. The SMILES string of the molecule is COc1cccc(OC)c1CN1CCCCC1c1nnc2n1CCN(C(C)=O)C2. The fourth-order valence-corrected chi connectivity index (χ4v) is 4.46. The number of aromatic nitrogens is 3. The Balaban J connectivity index is 1.61. The monoisotopic (exact) mass is 399 g/mol. The van der Waals surface area contributed by atoms with Crippen molar-refractivity contribution >= 4 is 5.91 Å². The van der Waals surface area contributed by atoms with E-state index in [0.29, 0.717) is 13.1 Å². The summed E-state index contributed by atoms with van der Waals surface area (Å²) in [7, 11) is 3.39. The van der Waals surface area contributed by atoms with E-state index in [4.69, 9.17) is 9.47 Å². The predicted octanol–water partition coefficient (Wildman–Crippen LogP) is 2.38. The van der Waals surface area contributed by atoms with Crippen LogP contribution in [0.3, 0.4) is 0 Å². The van der Waals surface area contributed by atoms with Gasteiger partial charge in [0.15, 0.2) is 11.6 Å². The molecule has 8 heteroatoms. The molecule has 1 fully saturated rings. The van der Waals surface area contributed by atoms with E-state index in [2.05, 4.69) is 19.7 Å². The van der Waals surface area contributed by atoms with Crippen LogP contribution in [0.4, 0.5) is 0 Å². The number of rotatable bonds is 5. The van der Waals surface area contributed by atoms with E-state index in [1.54, 1.807) is 21.1 Å². The van der Waals surface area contributed by atoms with E-state index in [1.807, 2.05) is 23.1 Å². The molecule has 3 heterocycles. The average Bonchev–Trinajstić information content (AvgIpc) is 3.17. The van der Waals surface area contributed by atoms with Crippen LogP contribution in [0.2, 0.25) is 0 Å². The third-order valence-electron chi connectivity index (χ3n) is 6.03.